The van der Waals surface area contributed by atoms with Crippen LogP contribution in [0.15, 0.2) is 77.6 Å². The number of hydrogen-bond donors (Lipinski definition) is 3. The average molecular weight is 495 g/mol. The molecule has 7 nitrogen and oxygen atoms in total. The Bertz CT molecular complexity index is 1380. The number of aromatic nitrogens is 1. The molecule has 0 radical (unpaired) electrons. The minimum absolute atomic E-state index is 0. The second kappa shape index (κ2) is 10.2. The molecule has 2 aromatic carbocycles. The first kappa shape index (κ1) is 23.7. The van der Waals surface area contributed by atoms with Crippen LogP contribution in [0.1, 0.15) is 22.3 Å². The first-order valence-corrected chi connectivity index (χ1v) is 11.6. The topological polar surface area (TPSA) is 92.2 Å². The van der Waals surface area contributed by atoms with Crippen molar-refractivity contribution < 1.29 is 9.59 Å². The third-order valence-corrected chi connectivity index (χ3v) is 6.75. The maximum Gasteiger partial charge on any atom is 0.320 e. The summed E-state index contributed by atoms with van der Waals surface area (Å²) in [6.45, 7) is 1.57. The summed E-state index contributed by atoms with van der Waals surface area (Å²) in [5, 5.41) is 10.1. The summed E-state index contributed by atoms with van der Waals surface area (Å²) in [7, 11) is 0. The smallest absolute Gasteiger partial charge is 0.320 e. The SMILES string of the molecule is Cl.O=C(Nc1sc2c(ccc(=O)n2-c2ccccc2)c1C(=O)c1ccccc1)N[C@H]1CCNC1. The maximum atomic E-state index is 13.5. The fraction of sp³-hybridized carbons (Fsp3) is 0.160. The molecule has 0 unspecified atom stereocenters. The quantitative estimate of drug-likeness (QED) is 0.363. The number of thiophene rings is 1. The van der Waals surface area contributed by atoms with Gasteiger partial charge in [0.1, 0.15) is 9.83 Å². The summed E-state index contributed by atoms with van der Waals surface area (Å²) in [5.74, 6) is -0.210. The fourth-order valence-corrected chi connectivity index (χ4v) is 5.26. The summed E-state index contributed by atoms with van der Waals surface area (Å²) < 4.78 is 1.58. The number of carbonyl (C=O) groups is 2. The van der Waals surface area contributed by atoms with E-state index in [1.165, 1.54) is 17.4 Å². The number of nitrogens with zero attached hydrogens (tertiary/aromatic N) is 1. The molecule has 1 aliphatic heterocycles. The molecule has 9 heteroatoms. The molecule has 1 fully saturated rings. The second-order valence-electron chi connectivity index (χ2n) is 7.85. The number of anilines is 1. The zero-order valence-electron chi connectivity index (χ0n) is 18.1. The predicted octanol–water partition coefficient (Wildman–Crippen LogP) is 4.19. The van der Waals surface area contributed by atoms with Gasteiger partial charge in [0.25, 0.3) is 5.56 Å². The van der Waals surface area contributed by atoms with Gasteiger partial charge >= 0.3 is 6.03 Å². The Morgan fingerprint density at radius 3 is 2.35 bits per heavy atom. The van der Waals surface area contributed by atoms with Gasteiger partial charge in [-0.2, -0.15) is 0 Å². The number of para-hydroxylation sites is 1. The maximum absolute atomic E-state index is 13.5. The molecule has 4 aromatic rings. The number of hydrogen-bond acceptors (Lipinski definition) is 5. The molecular weight excluding hydrogens is 472 g/mol. The Labute approximate surface area is 206 Å². The predicted molar refractivity (Wildman–Crippen MR) is 138 cm³/mol. The summed E-state index contributed by atoms with van der Waals surface area (Å²) in [4.78, 5) is 39.7. The van der Waals surface area contributed by atoms with Crippen LogP contribution in [0, 0.1) is 0 Å². The Morgan fingerprint density at radius 1 is 0.971 bits per heavy atom. The van der Waals surface area contributed by atoms with E-state index in [0.717, 1.165) is 13.0 Å². The van der Waals surface area contributed by atoms with Crippen LogP contribution in [0.4, 0.5) is 9.80 Å². The second-order valence-corrected chi connectivity index (χ2v) is 8.85. The number of carbonyl (C=O) groups excluding carboxylic acids is 2. The Hall–Kier alpha value is -3.46. The highest BCUT2D eigenvalue weighted by molar-refractivity contribution is 7.23. The van der Waals surface area contributed by atoms with Gasteiger partial charge in [0.2, 0.25) is 0 Å². The highest BCUT2D eigenvalue weighted by Gasteiger charge is 2.25. The number of rotatable bonds is 5. The largest absolute Gasteiger partial charge is 0.334 e. The lowest BCUT2D eigenvalue weighted by Gasteiger charge is -2.12. The number of pyridine rings is 1. The molecule has 0 aliphatic carbocycles. The number of benzene rings is 2. The van der Waals surface area contributed by atoms with Crippen molar-refractivity contribution in [1.82, 2.24) is 15.2 Å². The minimum Gasteiger partial charge on any atom is -0.334 e. The average Bonchev–Trinajstić information content (AvgIpc) is 3.47. The van der Waals surface area contributed by atoms with Gasteiger partial charge in [0.05, 0.1) is 11.3 Å². The monoisotopic (exact) mass is 494 g/mol. The summed E-state index contributed by atoms with van der Waals surface area (Å²) >= 11 is 1.22. The zero-order chi connectivity index (χ0) is 22.8. The molecule has 1 saturated heterocycles. The highest BCUT2D eigenvalue weighted by atomic mass is 35.5. The minimum atomic E-state index is -0.369. The van der Waals surface area contributed by atoms with Crippen LogP contribution in [-0.2, 0) is 0 Å². The molecule has 0 bridgehead atoms. The van der Waals surface area contributed by atoms with Crippen molar-refractivity contribution in [3.8, 4) is 5.69 Å². The van der Waals surface area contributed by atoms with E-state index in [2.05, 4.69) is 16.0 Å². The molecule has 34 heavy (non-hydrogen) atoms. The van der Waals surface area contributed by atoms with Crippen molar-refractivity contribution in [2.45, 2.75) is 12.5 Å². The molecule has 174 valence electrons. The van der Waals surface area contributed by atoms with Crippen LogP contribution >= 0.6 is 23.7 Å². The van der Waals surface area contributed by atoms with Crippen molar-refractivity contribution in [2.24, 2.45) is 0 Å². The molecule has 0 spiro atoms. The van der Waals surface area contributed by atoms with Crippen LogP contribution < -0.4 is 21.5 Å². The molecule has 3 heterocycles. The number of fused-ring (bicyclic) bond motifs is 1. The van der Waals surface area contributed by atoms with Crippen molar-refractivity contribution >= 4 is 50.8 Å². The molecule has 2 aromatic heterocycles. The Balaban J connectivity index is 0.00000274. The van der Waals surface area contributed by atoms with Crippen LogP contribution in [0.3, 0.4) is 0 Å². The van der Waals surface area contributed by atoms with Crippen LogP contribution in [0.5, 0.6) is 0 Å². The van der Waals surface area contributed by atoms with Gasteiger partial charge in [-0.1, -0.05) is 59.9 Å². The van der Waals surface area contributed by atoms with Gasteiger partial charge in [-0.3, -0.25) is 19.5 Å². The highest BCUT2D eigenvalue weighted by Crippen LogP contribution is 2.37. The molecule has 1 atom stereocenters. The molecular formula is C25H23ClN4O3S. The molecule has 5 rings (SSSR count). The van der Waals surface area contributed by atoms with E-state index in [1.54, 1.807) is 34.9 Å². The third kappa shape index (κ3) is 4.61. The van der Waals surface area contributed by atoms with Crippen LogP contribution in [-0.4, -0.2) is 35.5 Å². The van der Waals surface area contributed by atoms with Crippen molar-refractivity contribution in [1.29, 1.82) is 0 Å². The van der Waals surface area contributed by atoms with Gasteiger partial charge < -0.3 is 10.6 Å². The van der Waals surface area contributed by atoms with E-state index in [-0.39, 0.29) is 35.8 Å². The summed E-state index contributed by atoms with van der Waals surface area (Å²) in [6.07, 6.45) is 0.850. The van der Waals surface area contributed by atoms with E-state index in [1.807, 2.05) is 36.4 Å². The van der Waals surface area contributed by atoms with Crippen molar-refractivity contribution in [2.75, 3.05) is 18.4 Å². The van der Waals surface area contributed by atoms with Crippen molar-refractivity contribution in [3.63, 3.8) is 0 Å². The number of nitrogens with one attached hydrogen (secondary N) is 3. The third-order valence-electron chi connectivity index (χ3n) is 5.64. The first-order valence-electron chi connectivity index (χ1n) is 10.7. The molecule has 0 saturated carbocycles. The van der Waals surface area contributed by atoms with Gasteiger partial charge in [0, 0.05) is 29.6 Å². The van der Waals surface area contributed by atoms with E-state index >= 15 is 0 Å². The van der Waals surface area contributed by atoms with Gasteiger partial charge in [-0.05, 0) is 31.2 Å². The Morgan fingerprint density at radius 2 is 1.68 bits per heavy atom. The summed E-state index contributed by atoms with van der Waals surface area (Å²) in [5.41, 5.74) is 1.38. The van der Waals surface area contributed by atoms with E-state index < -0.39 is 0 Å². The van der Waals surface area contributed by atoms with E-state index in [0.29, 0.717) is 38.6 Å². The number of halogens is 1. The number of urea groups is 1. The van der Waals surface area contributed by atoms with Gasteiger partial charge in [-0.15, -0.1) is 12.4 Å². The van der Waals surface area contributed by atoms with E-state index in [9.17, 15) is 14.4 Å². The summed E-state index contributed by atoms with van der Waals surface area (Å²) in [6, 6.07) is 21.0. The standard InChI is InChI=1S/C25H22N4O3S.ClH/c30-20-12-11-19-21(22(31)16-7-3-1-4-8-16)23(28-25(32)27-17-13-14-26-15-17)33-24(19)29(20)18-9-5-2-6-10-18;/h1-12,17,26H,13-15H2,(H2,27,28,32);1H/t17-;/m0./s1. The number of ketones is 1. The molecule has 2 amide bonds. The fourth-order valence-electron chi connectivity index (χ4n) is 4.05. The van der Waals surface area contributed by atoms with Crippen LogP contribution in [0.25, 0.3) is 15.9 Å². The van der Waals surface area contributed by atoms with E-state index in [4.69, 9.17) is 0 Å². The molecule has 3 N–H and O–H groups in total. The lowest BCUT2D eigenvalue weighted by molar-refractivity contribution is 0.104. The first-order chi connectivity index (χ1) is 16.1. The Kier molecular flexibility index (Phi) is 7.12. The van der Waals surface area contributed by atoms with Gasteiger partial charge in [-0.25, -0.2) is 4.79 Å². The number of amides is 2. The lowest BCUT2D eigenvalue weighted by Crippen LogP contribution is -2.39. The van der Waals surface area contributed by atoms with Gasteiger partial charge in [0.15, 0.2) is 5.78 Å². The van der Waals surface area contributed by atoms with Crippen LogP contribution in [0.2, 0.25) is 0 Å². The normalized spacial score (nSPS) is 15.0. The van der Waals surface area contributed by atoms with Crippen molar-refractivity contribution in [3.05, 3.63) is 94.3 Å². The zero-order valence-corrected chi connectivity index (χ0v) is 19.7. The lowest BCUT2D eigenvalue weighted by atomic mass is 10.0. The molecule has 1 aliphatic rings.